The normalized spacial score (nSPS) is 11.2. The van der Waals surface area contributed by atoms with Crippen LogP contribution < -0.4 is 0 Å². The lowest BCUT2D eigenvalue weighted by Gasteiger charge is -2.01. The molecule has 1 aromatic heterocycles. The standard InChI is InChI=1S/C15H11BrF2N2/c1-8-5-9(16)6-13-15(8)20-14(19-13)7-10-11(17)3-2-4-12(10)18/h2-6H,7H2,1H3,(H,19,20). The lowest BCUT2D eigenvalue weighted by atomic mass is 10.1. The maximum atomic E-state index is 13.6. The smallest absolute Gasteiger partial charge is 0.129 e. The number of aromatic nitrogens is 2. The van der Waals surface area contributed by atoms with Gasteiger partial charge in [0.1, 0.15) is 17.5 Å². The van der Waals surface area contributed by atoms with Gasteiger partial charge in [-0.15, -0.1) is 0 Å². The van der Waals surface area contributed by atoms with Gasteiger partial charge in [0.2, 0.25) is 0 Å². The highest BCUT2D eigenvalue weighted by Crippen LogP contribution is 2.23. The first kappa shape index (κ1) is 13.2. The predicted molar refractivity (Wildman–Crippen MR) is 77.7 cm³/mol. The van der Waals surface area contributed by atoms with Crippen molar-refractivity contribution in [3.05, 3.63) is 63.4 Å². The van der Waals surface area contributed by atoms with E-state index in [9.17, 15) is 8.78 Å². The number of fused-ring (bicyclic) bond motifs is 1. The molecule has 0 aliphatic rings. The number of rotatable bonds is 2. The third kappa shape index (κ3) is 2.33. The van der Waals surface area contributed by atoms with Gasteiger partial charge in [-0.05, 0) is 36.8 Å². The first-order valence-corrected chi connectivity index (χ1v) is 6.91. The molecule has 0 aliphatic heterocycles. The quantitative estimate of drug-likeness (QED) is 0.733. The highest BCUT2D eigenvalue weighted by molar-refractivity contribution is 9.10. The monoisotopic (exact) mass is 336 g/mol. The van der Waals surface area contributed by atoms with Crippen molar-refractivity contribution in [2.24, 2.45) is 0 Å². The van der Waals surface area contributed by atoms with Crippen molar-refractivity contribution in [2.45, 2.75) is 13.3 Å². The minimum Gasteiger partial charge on any atom is -0.342 e. The van der Waals surface area contributed by atoms with Crippen LogP contribution in [-0.2, 0) is 6.42 Å². The number of hydrogen-bond donors (Lipinski definition) is 1. The summed E-state index contributed by atoms with van der Waals surface area (Å²) in [4.78, 5) is 7.53. The van der Waals surface area contributed by atoms with Crippen LogP contribution in [0, 0.1) is 18.6 Å². The molecule has 0 atom stereocenters. The zero-order chi connectivity index (χ0) is 14.3. The van der Waals surface area contributed by atoms with Gasteiger partial charge < -0.3 is 4.98 Å². The molecular weight excluding hydrogens is 326 g/mol. The number of imidazole rings is 1. The van der Waals surface area contributed by atoms with E-state index in [1.807, 2.05) is 19.1 Å². The predicted octanol–water partition coefficient (Wildman–Crippen LogP) is 4.50. The number of nitrogens with one attached hydrogen (secondary N) is 1. The first-order valence-electron chi connectivity index (χ1n) is 6.12. The summed E-state index contributed by atoms with van der Waals surface area (Å²) in [6, 6.07) is 7.72. The van der Waals surface area contributed by atoms with Crippen LogP contribution in [0.5, 0.6) is 0 Å². The molecule has 0 saturated heterocycles. The second-order valence-electron chi connectivity index (χ2n) is 4.68. The summed E-state index contributed by atoms with van der Waals surface area (Å²) >= 11 is 3.41. The second-order valence-corrected chi connectivity index (χ2v) is 5.60. The Morgan fingerprint density at radius 3 is 2.60 bits per heavy atom. The zero-order valence-corrected chi connectivity index (χ0v) is 12.3. The van der Waals surface area contributed by atoms with Gasteiger partial charge in [-0.2, -0.15) is 0 Å². The van der Waals surface area contributed by atoms with Gasteiger partial charge in [0, 0.05) is 16.5 Å². The lowest BCUT2D eigenvalue weighted by molar-refractivity contribution is 0.559. The molecular formula is C15H11BrF2N2. The number of benzene rings is 2. The molecule has 2 nitrogen and oxygen atoms in total. The van der Waals surface area contributed by atoms with E-state index < -0.39 is 11.6 Å². The summed E-state index contributed by atoms with van der Waals surface area (Å²) in [6.07, 6.45) is 0.101. The van der Waals surface area contributed by atoms with E-state index in [-0.39, 0.29) is 12.0 Å². The van der Waals surface area contributed by atoms with E-state index in [1.165, 1.54) is 18.2 Å². The molecule has 102 valence electrons. The van der Waals surface area contributed by atoms with Crippen LogP contribution in [0.2, 0.25) is 0 Å². The van der Waals surface area contributed by atoms with Crippen LogP contribution in [-0.4, -0.2) is 9.97 Å². The second kappa shape index (κ2) is 4.98. The average molecular weight is 337 g/mol. The molecule has 1 N–H and O–H groups in total. The fourth-order valence-corrected chi connectivity index (χ4v) is 2.82. The summed E-state index contributed by atoms with van der Waals surface area (Å²) in [7, 11) is 0. The van der Waals surface area contributed by atoms with Crippen LogP contribution in [0.3, 0.4) is 0 Å². The minimum atomic E-state index is -0.552. The molecule has 0 bridgehead atoms. The summed E-state index contributed by atoms with van der Waals surface area (Å²) < 4.78 is 28.2. The maximum absolute atomic E-state index is 13.6. The third-order valence-electron chi connectivity index (χ3n) is 3.20. The van der Waals surface area contributed by atoms with Crippen LogP contribution in [0.25, 0.3) is 11.0 Å². The summed E-state index contributed by atoms with van der Waals surface area (Å²) in [6.45, 7) is 1.95. The molecule has 0 amide bonds. The first-order chi connectivity index (χ1) is 9.54. The Hall–Kier alpha value is -1.75. The van der Waals surface area contributed by atoms with Gasteiger partial charge in [-0.3, -0.25) is 0 Å². The Morgan fingerprint density at radius 2 is 1.90 bits per heavy atom. The van der Waals surface area contributed by atoms with Crippen molar-refractivity contribution >= 4 is 27.0 Å². The lowest BCUT2D eigenvalue weighted by Crippen LogP contribution is -1.98. The van der Waals surface area contributed by atoms with Crippen LogP contribution in [0.1, 0.15) is 17.0 Å². The fraction of sp³-hybridized carbons (Fsp3) is 0.133. The van der Waals surface area contributed by atoms with Crippen molar-refractivity contribution in [1.29, 1.82) is 0 Å². The molecule has 0 spiro atoms. The van der Waals surface area contributed by atoms with E-state index >= 15 is 0 Å². The number of aromatic amines is 1. The molecule has 0 saturated carbocycles. The van der Waals surface area contributed by atoms with Crippen molar-refractivity contribution in [3.63, 3.8) is 0 Å². The Morgan fingerprint density at radius 1 is 1.20 bits per heavy atom. The van der Waals surface area contributed by atoms with Gasteiger partial charge in [0.15, 0.2) is 0 Å². The molecule has 0 unspecified atom stereocenters. The molecule has 3 aromatic rings. The molecule has 2 aromatic carbocycles. The molecule has 3 rings (SSSR count). The summed E-state index contributed by atoms with van der Waals surface area (Å²) in [5, 5.41) is 0. The van der Waals surface area contributed by atoms with E-state index in [0.29, 0.717) is 5.82 Å². The molecule has 20 heavy (non-hydrogen) atoms. The Kier molecular flexibility index (Phi) is 3.30. The molecule has 0 radical (unpaired) electrons. The summed E-state index contributed by atoms with van der Waals surface area (Å²) in [5.41, 5.74) is 2.71. The van der Waals surface area contributed by atoms with Crippen LogP contribution >= 0.6 is 15.9 Å². The topological polar surface area (TPSA) is 28.7 Å². The van der Waals surface area contributed by atoms with E-state index in [2.05, 4.69) is 25.9 Å². The minimum absolute atomic E-state index is 0.0308. The largest absolute Gasteiger partial charge is 0.342 e. The van der Waals surface area contributed by atoms with Crippen molar-refractivity contribution < 1.29 is 8.78 Å². The van der Waals surface area contributed by atoms with Gasteiger partial charge in [0.25, 0.3) is 0 Å². The van der Waals surface area contributed by atoms with Crippen LogP contribution in [0.15, 0.2) is 34.8 Å². The maximum Gasteiger partial charge on any atom is 0.129 e. The van der Waals surface area contributed by atoms with Gasteiger partial charge in [0.05, 0.1) is 11.0 Å². The third-order valence-corrected chi connectivity index (χ3v) is 3.65. The van der Waals surface area contributed by atoms with Crippen molar-refractivity contribution in [3.8, 4) is 0 Å². The Labute approximate surface area is 123 Å². The molecule has 1 heterocycles. The zero-order valence-electron chi connectivity index (χ0n) is 10.7. The SMILES string of the molecule is Cc1cc(Br)cc2[nH]c(Cc3c(F)cccc3F)nc12. The van der Waals surface area contributed by atoms with E-state index in [0.717, 1.165) is 21.1 Å². The van der Waals surface area contributed by atoms with E-state index in [4.69, 9.17) is 0 Å². The van der Waals surface area contributed by atoms with Crippen molar-refractivity contribution in [1.82, 2.24) is 9.97 Å². The number of halogens is 3. The van der Waals surface area contributed by atoms with Gasteiger partial charge in [-0.1, -0.05) is 22.0 Å². The van der Waals surface area contributed by atoms with Gasteiger partial charge in [-0.25, -0.2) is 13.8 Å². The van der Waals surface area contributed by atoms with Crippen molar-refractivity contribution in [2.75, 3.05) is 0 Å². The Balaban J connectivity index is 2.06. The summed E-state index contributed by atoms with van der Waals surface area (Å²) in [5.74, 6) is -0.558. The number of aryl methyl sites for hydroxylation is 1. The van der Waals surface area contributed by atoms with E-state index in [1.54, 1.807) is 0 Å². The highest BCUT2D eigenvalue weighted by Gasteiger charge is 2.12. The fourth-order valence-electron chi connectivity index (χ4n) is 2.25. The van der Waals surface area contributed by atoms with Crippen LogP contribution in [0.4, 0.5) is 8.78 Å². The molecule has 5 heteroatoms. The highest BCUT2D eigenvalue weighted by atomic mass is 79.9. The molecule has 0 fully saturated rings. The molecule has 0 aliphatic carbocycles. The number of hydrogen-bond acceptors (Lipinski definition) is 1. The Bertz CT molecular complexity index is 776. The number of H-pyrrole nitrogens is 1. The number of nitrogens with zero attached hydrogens (tertiary/aromatic N) is 1. The van der Waals surface area contributed by atoms with Gasteiger partial charge >= 0.3 is 0 Å². The average Bonchev–Trinajstić information content (AvgIpc) is 2.77.